The van der Waals surface area contributed by atoms with E-state index < -0.39 is 15.9 Å². The summed E-state index contributed by atoms with van der Waals surface area (Å²) in [6.07, 6.45) is 4.59. The van der Waals surface area contributed by atoms with Gasteiger partial charge in [0.2, 0.25) is 15.9 Å². The average Bonchev–Trinajstić information content (AvgIpc) is 2.87. The van der Waals surface area contributed by atoms with Crippen LogP contribution in [0.5, 0.6) is 0 Å². The SMILES string of the molecule is NS(=O)(=O)c1cccc(NC(=O)/C=C/c2c(Cl)nc3ccccn23)c1. The van der Waals surface area contributed by atoms with E-state index in [-0.39, 0.29) is 10.0 Å². The molecule has 0 unspecified atom stereocenters. The predicted octanol–water partition coefficient (Wildman–Crippen LogP) is 2.29. The number of halogens is 1. The van der Waals surface area contributed by atoms with Crippen LogP contribution >= 0.6 is 11.6 Å². The number of aromatic nitrogens is 2. The molecule has 0 bridgehead atoms. The van der Waals surface area contributed by atoms with E-state index in [0.29, 0.717) is 17.0 Å². The molecule has 9 heteroatoms. The molecule has 0 aliphatic carbocycles. The number of imidazole rings is 1. The fraction of sp³-hybridized carbons (Fsp3) is 0. The molecule has 3 rings (SSSR count). The number of pyridine rings is 1. The number of nitrogens with two attached hydrogens (primary N) is 1. The lowest BCUT2D eigenvalue weighted by Gasteiger charge is -2.04. The number of nitrogens with one attached hydrogen (secondary N) is 1. The first-order chi connectivity index (χ1) is 11.8. The van der Waals surface area contributed by atoms with Gasteiger partial charge in [-0.3, -0.25) is 9.20 Å². The first-order valence-corrected chi connectivity index (χ1v) is 9.01. The first-order valence-electron chi connectivity index (χ1n) is 7.09. The van der Waals surface area contributed by atoms with Crippen LogP contribution in [0.1, 0.15) is 5.69 Å². The molecule has 2 heterocycles. The third-order valence-electron chi connectivity index (χ3n) is 3.34. The zero-order valence-corrected chi connectivity index (χ0v) is 14.3. The van der Waals surface area contributed by atoms with Gasteiger partial charge < -0.3 is 5.32 Å². The lowest BCUT2D eigenvalue weighted by atomic mass is 10.3. The summed E-state index contributed by atoms with van der Waals surface area (Å²) in [5.74, 6) is -0.450. The number of amides is 1. The zero-order valence-electron chi connectivity index (χ0n) is 12.8. The molecule has 0 atom stereocenters. The van der Waals surface area contributed by atoms with E-state index in [2.05, 4.69) is 10.3 Å². The Balaban J connectivity index is 1.81. The molecule has 0 spiro atoms. The first kappa shape index (κ1) is 17.2. The highest BCUT2D eigenvalue weighted by atomic mass is 35.5. The van der Waals surface area contributed by atoms with Crippen LogP contribution in [0.25, 0.3) is 11.7 Å². The van der Waals surface area contributed by atoms with E-state index >= 15 is 0 Å². The Morgan fingerprint density at radius 1 is 1.24 bits per heavy atom. The lowest BCUT2D eigenvalue weighted by Crippen LogP contribution is -2.13. The van der Waals surface area contributed by atoms with Crippen LogP contribution in [-0.4, -0.2) is 23.7 Å². The van der Waals surface area contributed by atoms with Crippen molar-refractivity contribution in [3.63, 3.8) is 0 Å². The minimum atomic E-state index is -3.84. The monoisotopic (exact) mass is 376 g/mol. The van der Waals surface area contributed by atoms with E-state index in [1.807, 2.05) is 12.1 Å². The molecule has 3 N–H and O–H groups in total. The topological polar surface area (TPSA) is 107 Å². The quantitative estimate of drug-likeness (QED) is 0.681. The maximum absolute atomic E-state index is 12.1. The minimum Gasteiger partial charge on any atom is -0.322 e. The largest absolute Gasteiger partial charge is 0.322 e. The van der Waals surface area contributed by atoms with Crippen LogP contribution < -0.4 is 10.5 Å². The number of sulfonamides is 1. The van der Waals surface area contributed by atoms with Crippen molar-refractivity contribution in [2.24, 2.45) is 5.14 Å². The fourth-order valence-electron chi connectivity index (χ4n) is 2.22. The van der Waals surface area contributed by atoms with Crippen molar-refractivity contribution in [1.29, 1.82) is 0 Å². The Kier molecular flexibility index (Phi) is 4.58. The molecule has 0 radical (unpaired) electrons. The number of hydrogen-bond donors (Lipinski definition) is 2. The van der Waals surface area contributed by atoms with Crippen LogP contribution in [0, 0.1) is 0 Å². The van der Waals surface area contributed by atoms with E-state index in [4.69, 9.17) is 16.7 Å². The van der Waals surface area contributed by atoms with Crippen molar-refractivity contribution in [1.82, 2.24) is 9.38 Å². The Hall–Kier alpha value is -2.68. The van der Waals surface area contributed by atoms with Crippen molar-refractivity contribution in [3.05, 3.63) is 65.6 Å². The maximum atomic E-state index is 12.1. The second kappa shape index (κ2) is 6.67. The van der Waals surface area contributed by atoms with Crippen molar-refractivity contribution < 1.29 is 13.2 Å². The second-order valence-electron chi connectivity index (χ2n) is 5.11. The van der Waals surface area contributed by atoms with Gasteiger partial charge in [-0.15, -0.1) is 0 Å². The summed E-state index contributed by atoms with van der Waals surface area (Å²) >= 11 is 6.09. The number of carbonyl (C=O) groups is 1. The highest BCUT2D eigenvalue weighted by molar-refractivity contribution is 7.89. The number of carbonyl (C=O) groups excluding carboxylic acids is 1. The molecule has 7 nitrogen and oxygen atoms in total. The fourth-order valence-corrected chi connectivity index (χ4v) is 3.02. The average molecular weight is 377 g/mol. The summed E-state index contributed by atoms with van der Waals surface area (Å²) in [5, 5.41) is 7.91. The molecule has 0 aliphatic heterocycles. The zero-order chi connectivity index (χ0) is 18.0. The Bertz CT molecular complexity index is 1090. The van der Waals surface area contributed by atoms with Gasteiger partial charge >= 0.3 is 0 Å². The Morgan fingerprint density at radius 2 is 2.04 bits per heavy atom. The molecule has 0 fully saturated rings. The summed E-state index contributed by atoms with van der Waals surface area (Å²) in [6.45, 7) is 0. The number of primary sulfonamides is 1. The summed E-state index contributed by atoms with van der Waals surface area (Å²) in [6, 6.07) is 11.1. The number of nitrogens with zero attached hydrogens (tertiary/aromatic N) is 2. The Morgan fingerprint density at radius 3 is 2.80 bits per heavy atom. The summed E-state index contributed by atoms with van der Waals surface area (Å²) < 4.78 is 24.4. The van der Waals surface area contributed by atoms with Crippen molar-refractivity contribution in [2.75, 3.05) is 5.32 Å². The molecule has 0 saturated carbocycles. The van der Waals surface area contributed by atoms with E-state index in [0.717, 1.165) is 0 Å². The third kappa shape index (κ3) is 3.87. The number of anilines is 1. The van der Waals surface area contributed by atoms with Crippen molar-refractivity contribution >= 4 is 44.9 Å². The summed E-state index contributed by atoms with van der Waals surface area (Å²) in [7, 11) is -3.84. The van der Waals surface area contributed by atoms with E-state index in [1.54, 1.807) is 22.7 Å². The molecule has 0 saturated heterocycles. The van der Waals surface area contributed by atoms with Gasteiger partial charge in [-0.1, -0.05) is 23.7 Å². The normalized spacial score (nSPS) is 11.9. The predicted molar refractivity (Wildman–Crippen MR) is 95.7 cm³/mol. The third-order valence-corrected chi connectivity index (χ3v) is 4.53. The lowest BCUT2D eigenvalue weighted by molar-refractivity contribution is -0.111. The van der Waals surface area contributed by atoms with Crippen LogP contribution in [-0.2, 0) is 14.8 Å². The number of fused-ring (bicyclic) bond motifs is 1. The molecule has 1 aromatic carbocycles. The minimum absolute atomic E-state index is 0.0842. The van der Waals surface area contributed by atoms with Gasteiger partial charge in [0.1, 0.15) is 5.65 Å². The van der Waals surface area contributed by atoms with Gasteiger partial charge in [-0.05, 0) is 36.4 Å². The van der Waals surface area contributed by atoms with Crippen LogP contribution in [0.2, 0.25) is 5.15 Å². The van der Waals surface area contributed by atoms with Gasteiger partial charge in [-0.2, -0.15) is 0 Å². The van der Waals surface area contributed by atoms with Crippen LogP contribution in [0.4, 0.5) is 5.69 Å². The molecule has 2 aromatic heterocycles. The number of benzene rings is 1. The highest BCUT2D eigenvalue weighted by Gasteiger charge is 2.10. The standard InChI is InChI=1S/C16H13ClN4O3S/c17-16-13(21-9-2-1-6-14(21)20-16)7-8-15(22)19-11-4-3-5-12(10-11)25(18,23)24/h1-10H,(H,19,22)(H2,18,23,24)/b8-7+. The summed E-state index contributed by atoms with van der Waals surface area (Å²) in [5.41, 5.74) is 1.53. The molecule has 3 aromatic rings. The molecule has 1 amide bonds. The molecule has 0 aliphatic rings. The number of rotatable bonds is 4. The van der Waals surface area contributed by atoms with Gasteiger partial charge in [-0.25, -0.2) is 18.5 Å². The van der Waals surface area contributed by atoms with Crippen LogP contribution in [0.15, 0.2) is 59.6 Å². The van der Waals surface area contributed by atoms with Crippen molar-refractivity contribution in [3.8, 4) is 0 Å². The van der Waals surface area contributed by atoms with Gasteiger partial charge in [0.15, 0.2) is 5.15 Å². The Labute approximate surface area is 148 Å². The molecular weight excluding hydrogens is 364 g/mol. The van der Waals surface area contributed by atoms with Crippen molar-refractivity contribution in [2.45, 2.75) is 4.90 Å². The van der Waals surface area contributed by atoms with Gasteiger partial charge in [0.05, 0.1) is 10.6 Å². The summed E-state index contributed by atoms with van der Waals surface area (Å²) in [4.78, 5) is 16.2. The van der Waals surface area contributed by atoms with Crippen LogP contribution in [0.3, 0.4) is 0 Å². The second-order valence-corrected chi connectivity index (χ2v) is 7.03. The smallest absolute Gasteiger partial charge is 0.248 e. The van der Waals surface area contributed by atoms with Gasteiger partial charge in [0, 0.05) is 18.0 Å². The molecular formula is C16H13ClN4O3S. The highest BCUT2D eigenvalue weighted by Crippen LogP contribution is 2.19. The molecule has 25 heavy (non-hydrogen) atoms. The number of hydrogen-bond acceptors (Lipinski definition) is 4. The van der Waals surface area contributed by atoms with E-state index in [1.165, 1.54) is 30.4 Å². The maximum Gasteiger partial charge on any atom is 0.248 e. The van der Waals surface area contributed by atoms with Gasteiger partial charge in [0.25, 0.3) is 0 Å². The van der Waals surface area contributed by atoms with E-state index in [9.17, 15) is 13.2 Å². The molecule has 128 valence electrons.